The first-order valence-corrected chi connectivity index (χ1v) is 5.86. The largest absolute Gasteiger partial charge is 0.481 e. The van der Waals surface area contributed by atoms with Gasteiger partial charge in [-0.3, -0.25) is 4.79 Å². The average Bonchev–Trinajstić information content (AvgIpc) is 2.94. The number of carboxylic acid groups (broad SMARTS) is 1. The molecule has 3 heteroatoms. The van der Waals surface area contributed by atoms with E-state index < -0.39 is 11.4 Å². The van der Waals surface area contributed by atoms with Gasteiger partial charge in [0.15, 0.2) is 0 Å². The maximum atomic E-state index is 11.5. The maximum absolute atomic E-state index is 11.5. The lowest BCUT2D eigenvalue weighted by atomic mass is 9.89. The van der Waals surface area contributed by atoms with Crippen LogP contribution in [0.1, 0.15) is 25.8 Å². The molecule has 1 fully saturated rings. The van der Waals surface area contributed by atoms with Crippen molar-refractivity contribution in [2.75, 3.05) is 0 Å². The molecule has 2 nitrogen and oxygen atoms in total. The molecule has 0 aliphatic heterocycles. The molecule has 2 rings (SSSR count). The molecule has 1 aromatic rings. The van der Waals surface area contributed by atoms with Crippen molar-refractivity contribution in [3.63, 3.8) is 0 Å². The van der Waals surface area contributed by atoms with Crippen LogP contribution >= 0.6 is 11.6 Å². The van der Waals surface area contributed by atoms with Crippen LogP contribution in [0.25, 0.3) is 0 Å². The summed E-state index contributed by atoms with van der Waals surface area (Å²) in [6.45, 7) is 4.12. The highest BCUT2D eigenvalue weighted by Gasteiger charge is 2.63. The van der Waals surface area contributed by atoms with Crippen LogP contribution in [0.5, 0.6) is 0 Å². The molecule has 1 saturated carbocycles. The Hall–Kier alpha value is -1.02. The molecule has 86 valence electrons. The molecule has 0 radical (unpaired) electrons. The number of rotatable bonds is 3. The Morgan fingerprint density at radius 2 is 2.12 bits per heavy atom. The normalized spacial score (nSPS) is 28.1. The fraction of sp³-hybridized carbons (Fsp3) is 0.462. The van der Waals surface area contributed by atoms with Crippen molar-refractivity contribution in [1.29, 1.82) is 0 Å². The zero-order chi connectivity index (χ0) is 11.9. The van der Waals surface area contributed by atoms with Gasteiger partial charge in [0.25, 0.3) is 0 Å². The minimum Gasteiger partial charge on any atom is -0.481 e. The van der Waals surface area contributed by atoms with E-state index in [-0.39, 0.29) is 5.92 Å². The third-order valence-electron chi connectivity index (χ3n) is 3.56. The molecule has 0 amide bonds. The van der Waals surface area contributed by atoms with Crippen LogP contribution in [-0.4, -0.2) is 11.1 Å². The second-order valence-electron chi connectivity index (χ2n) is 4.81. The second-order valence-corrected chi connectivity index (χ2v) is 5.22. The lowest BCUT2D eigenvalue weighted by Gasteiger charge is -2.16. The van der Waals surface area contributed by atoms with E-state index in [9.17, 15) is 9.90 Å². The van der Waals surface area contributed by atoms with Crippen LogP contribution in [0.3, 0.4) is 0 Å². The monoisotopic (exact) mass is 238 g/mol. The fourth-order valence-corrected chi connectivity index (χ4v) is 2.89. The van der Waals surface area contributed by atoms with Gasteiger partial charge < -0.3 is 5.11 Å². The van der Waals surface area contributed by atoms with E-state index in [1.54, 1.807) is 6.07 Å². The van der Waals surface area contributed by atoms with E-state index in [0.29, 0.717) is 17.4 Å². The third-order valence-corrected chi connectivity index (χ3v) is 3.89. The Labute approximate surface area is 100 Å². The van der Waals surface area contributed by atoms with Crippen LogP contribution in [0, 0.1) is 11.8 Å². The van der Waals surface area contributed by atoms with Gasteiger partial charge in [0.05, 0.1) is 5.41 Å². The van der Waals surface area contributed by atoms with Crippen molar-refractivity contribution in [3.05, 3.63) is 34.9 Å². The molecule has 1 N–H and O–H groups in total. The number of halogens is 1. The summed E-state index contributed by atoms with van der Waals surface area (Å²) in [5.41, 5.74) is 0.0230. The molecule has 0 saturated heterocycles. The van der Waals surface area contributed by atoms with Gasteiger partial charge in [0.2, 0.25) is 0 Å². The van der Waals surface area contributed by atoms with Crippen LogP contribution < -0.4 is 0 Å². The number of carbonyl (C=O) groups is 1. The van der Waals surface area contributed by atoms with Crippen molar-refractivity contribution < 1.29 is 9.90 Å². The number of aliphatic carboxylic acids is 1. The summed E-state index contributed by atoms with van der Waals surface area (Å²) in [4.78, 5) is 11.5. The number of hydrogen-bond donors (Lipinski definition) is 1. The zero-order valence-electron chi connectivity index (χ0n) is 9.40. The minimum absolute atomic E-state index is 0.199. The van der Waals surface area contributed by atoms with E-state index in [1.807, 2.05) is 18.2 Å². The molecular formula is C13H15ClO2. The molecule has 0 spiro atoms. The molecule has 1 aliphatic rings. The predicted octanol–water partition coefficient (Wildman–Crippen LogP) is 3.34. The lowest BCUT2D eigenvalue weighted by Crippen LogP contribution is -2.24. The number of carboxylic acids is 1. The summed E-state index contributed by atoms with van der Waals surface area (Å²) in [7, 11) is 0. The first-order valence-electron chi connectivity index (χ1n) is 5.48. The van der Waals surface area contributed by atoms with Gasteiger partial charge >= 0.3 is 5.97 Å². The Morgan fingerprint density at radius 3 is 2.56 bits per heavy atom. The van der Waals surface area contributed by atoms with Gasteiger partial charge in [-0.25, -0.2) is 0 Å². The topological polar surface area (TPSA) is 37.3 Å². The summed E-state index contributed by atoms with van der Waals surface area (Å²) in [5, 5.41) is 10.0. The SMILES string of the molecule is CC(C)C1CC1(C(=O)O)c1ccccc1Cl. The van der Waals surface area contributed by atoms with Crippen LogP contribution in [0.2, 0.25) is 5.02 Å². The number of hydrogen-bond acceptors (Lipinski definition) is 1. The molecule has 0 aromatic heterocycles. The van der Waals surface area contributed by atoms with Gasteiger partial charge in [0, 0.05) is 5.02 Å². The molecule has 1 aliphatic carbocycles. The van der Waals surface area contributed by atoms with Gasteiger partial charge in [-0.1, -0.05) is 43.6 Å². The van der Waals surface area contributed by atoms with Crippen LogP contribution in [-0.2, 0) is 10.2 Å². The van der Waals surface area contributed by atoms with E-state index in [1.165, 1.54) is 0 Å². The van der Waals surface area contributed by atoms with E-state index in [4.69, 9.17) is 11.6 Å². The third kappa shape index (κ3) is 1.52. The fourth-order valence-electron chi connectivity index (χ4n) is 2.59. The predicted molar refractivity (Wildman–Crippen MR) is 63.7 cm³/mol. The van der Waals surface area contributed by atoms with E-state index in [0.717, 1.165) is 5.56 Å². The molecule has 16 heavy (non-hydrogen) atoms. The molecule has 0 bridgehead atoms. The Balaban J connectivity index is 2.45. The Bertz CT molecular complexity index is 428. The molecule has 2 unspecified atom stereocenters. The van der Waals surface area contributed by atoms with Crippen LogP contribution in [0.15, 0.2) is 24.3 Å². The van der Waals surface area contributed by atoms with Gasteiger partial charge in [-0.15, -0.1) is 0 Å². The summed E-state index contributed by atoms with van der Waals surface area (Å²) in [5.74, 6) is -0.184. The highest BCUT2D eigenvalue weighted by molar-refractivity contribution is 6.31. The zero-order valence-corrected chi connectivity index (χ0v) is 10.2. The Morgan fingerprint density at radius 1 is 1.50 bits per heavy atom. The van der Waals surface area contributed by atoms with Crippen molar-refractivity contribution in [1.82, 2.24) is 0 Å². The molecular weight excluding hydrogens is 224 g/mol. The summed E-state index contributed by atoms with van der Waals surface area (Å²) in [6, 6.07) is 7.27. The summed E-state index contributed by atoms with van der Waals surface area (Å²) >= 11 is 6.10. The van der Waals surface area contributed by atoms with Crippen molar-refractivity contribution >= 4 is 17.6 Å². The number of benzene rings is 1. The standard InChI is InChI=1S/C13H15ClO2/c1-8(2)10-7-13(10,12(15)16)9-5-3-4-6-11(9)14/h3-6,8,10H,7H2,1-2H3,(H,15,16). The van der Waals surface area contributed by atoms with E-state index >= 15 is 0 Å². The maximum Gasteiger partial charge on any atom is 0.314 e. The Kier molecular flexibility index (Phi) is 2.70. The van der Waals surface area contributed by atoms with Crippen LogP contribution in [0.4, 0.5) is 0 Å². The van der Waals surface area contributed by atoms with Gasteiger partial charge in [-0.05, 0) is 29.9 Å². The second kappa shape index (κ2) is 3.77. The summed E-state index contributed by atoms with van der Waals surface area (Å²) < 4.78 is 0. The first kappa shape index (κ1) is 11.5. The highest BCUT2D eigenvalue weighted by Crippen LogP contribution is 2.59. The molecule has 1 aromatic carbocycles. The van der Waals surface area contributed by atoms with E-state index in [2.05, 4.69) is 13.8 Å². The van der Waals surface area contributed by atoms with Gasteiger partial charge in [0.1, 0.15) is 0 Å². The van der Waals surface area contributed by atoms with Crippen molar-refractivity contribution in [2.24, 2.45) is 11.8 Å². The van der Waals surface area contributed by atoms with Gasteiger partial charge in [-0.2, -0.15) is 0 Å². The minimum atomic E-state index is -0.751. The molecule has 0 heterocycles. The highest BCUT2D eigenvalue weighted by atomic mass is 35.5. The molecule has 2 atom stereocenters. The first-order chi connectivity index (χ1) is 7.50. The average molecular weight is 239 g/mol. The van der Waals surface area contributed by atoms with Crippen molar-refractivity contribution in [3.8, 4) is 0 Å². The smallest absolute Gasteiger partial charge is 0.314 e. The quantitative estimate of drug-likeness (QED) is 0.877. The summed E-state index contributed by atoms with van der Waals surface area (Å²) in [6.07, 6.45) is 0.698. The van der Waals surface area contributed by atoms with Crippen molar-refractivity contribution in [2.45, 2.75) is 25.7 Å². The lowest BCUT2D eigenvalue weighted by molar-refractivity contribution is -0.140.